The minimum atomic E-state index is -0.205. The van der Waals surface area contributed by atoms with Crippen molar-refractivity contribution in [3.05, 3.63) is 0 Å². The summed E-state index contributed by atoms with van der Waals surface area (Å²) < 4.78 is 4.68. The number of rotatable bonds is 3. The van der Waals surface area contributed by atoms with E-state index in [0.29, 0.717) is 11.2 Å². The van der Waals surface area contributed by atoms with E-state index in [1.807, 2.05) is 0 Å². The quantitative estimate of drug-likeness (QED) is 0.449. The first-order valence-electron chi connectivity index (χ1n) is 2.88. The summed E-state index contributed by atoms with van der Waals surface area (Å²) in [7, 11) is 0. The lowest BCUT2D eigenvalue weighted by molar-refractivity contribution is -0.138. The highest BCUT2D eigenvalue weighted by atomic mass is 32.2. The van der Waals surface area contributed by atoms with Gasteiger partial charge in [-0.2, -0.15) is 0 Å². The molecule has 0 aliphatic heterocycles. The molecular weight excluding hydrogens is 136 g/mol. The molecule has 0 spiro atoms. The molecule has 0 aromatic heterocycles. The van der Waals surface area contributed by atoms with Gasteiger partial charge in [0, 0.05) is 12.2 Å². The van der Waals surface area contributed by atoms with Crippen LogP contribution >= 0.6 is 11.8 Å². The minimum absolute atomic E-state index is 0.205. The second kappa shape index (κ2) is 4.68. The largest absolute Gasteiger partial charge is 0.455 e. The number of esters is 1. The summed E-state index contributed by atoms with van der Waals surface area (Å²) in [5.41, 5.74) is 0. The van der Waals surface area contributed by atoms with Crippen molar-refractivity contribution in [2.45, 2.75) is 26.0 Å². The van der Waals surface area contributed by atoms with Crippen LogP contribution in [0.4, 0.5) is 0 Å². The Morgan fingerprint density at radius 3 is 2.56 bits per heavy atom. The highest BCUT2D eigenvalue weighted by Crippen LogP contribution is 2.08. The summed E-state index contributed by atoms with van der Waals surface area (Å²) in [6, 6.07) is 0. The van der Waals surface area contributed by atoms with Gasteiger partial charge in [-0.1, -0.05) is 13.8 Å². The van der Waals surface area contributed by atoms with Crippen LogP contribution < -0.4 is 0 Å². The second-order valence-corrected chi connectivity index (χ2v) is 3.48. The van der Waals surface area contributed by atoms with Crippen LogP contribution in [0.15, 0.2) is 0 Å². The molecule has 0 saturated carbocycles. The summed E-state index contributed by atoms with van der Waals surface area (Å²) in [5.74, 6) is 0.274. The van der Waals surface area contributed by atoms with Crippen LogP contribution in [0.2, 0.25) is 0 Å². The molecule has 0 aromatic rings. The highest BCUT2D eigenvalue weighted by Gasteiger charge is 1.95. The van der Waals surface area contributed by atoms with Crippen molar-refractivity contribution in [2.75, 3.05) is 5.94 Å². The average Bonchev–Trinajstić information content (AvgIpc) is 1.63. The van der Waals surface area contributed by atoms with Crippen molar-refractivity contribution in [2.24, 2.45) is 0 Å². The van der Waals surface area contributed by atoms with E-state index in [1.165, 1.54) is 6.92 Å². The number of carbonyl (C=O) groups excluding carboxylic acids is 1. The molecule has 0 N–H and O–H groups in total. The van der Waals surface area contributed by atoms with Gasteiger partial charge in [0.15, 0.2) is 0 Å². The maximum absolute atomic E-state index is 10.2. The number of hydrogen-bond acceptors (Lipinski definition) is 3. The van der Waals surface area contributed by atoms with Gasteiger partial charge in [0.25, 0.3) is 0 Å². The van der Waals surface area contributed by atoms with Crippen LogP contribution in [-0.2, 0) is 9.53 Å². The Morgan fingerprint density at radius 2 is 2.22 bits per heavy atom. The van der Waals surface area contributed by atoms with E-state index in [4.69, 9.17) is 0 Å². The van der Waals surface area contributed by atoms with Crippen molar-refractivity contribution >= 4 is 17.7 Å². The van der Waals surface area contributed by atoms with E-state index in [1.54, 1.807) is 11.8 Å². The first kappa shape index (κ1) is 8.82. The average molecular weight is 148 g/mol. The first-order valence-corrected chi connectivity index (χ1v) is 3.92. The predicted molar refractivity (Wildman–Crippen MR) is 39.4 cm³/mol. The van der Waals surface area contributed by atoms with Gasteiger partial charge < -0.3 is 4.74 Å². The Hall–Kier alpha value is -0.180. The molecule has 0 radical (unpaired) electrons. The molecule has 0 atom stereocenters. The molecule has 0 heterocycles. The van der Waals surface area contributed by atoms with E-state index in [9.17, 15) is 4.79 Å². The maximum atomic E-state index is 10.2. The molecule has 0 aliphatic rings. The smallest absolute Gasteiger partial charge is 0.303 e. The molecule has 9 heavy (non-hydrogen) atoms. The summed E-state index contributed by atoms with van der Waals surface area (Å²) in [6.07, 6.45) is 0. The topological polar surface area (TPSA) is 26.3 Å². The number of thioether (sulfide) groups is 1. The van der Waals surface area contributed by atoms with Gasteiger partial charge in [0.2, 0.25) is 0 Å². The van der Waals surface area contributed by atoms with Gasteiger partial charge in [-0.15, -0.1) is 11.8 Å². The molecule has 2 nitrogen and oxygen atoms in total. The van der Waals surface area contributed by atoms with Crippen LogP contribution in [0.25, 0.3) is 0 Å². The van der Waals surface area contributed by atoms with Gasteiger partial charge >= 0.3 is 5.97 Å². The van der Waals surface area contributed by atoms with Crippen LogP contribution in [0, 0.1) is 0 Å². The molecule has 0 fully saturated rings. The van der Waals surface area contributed by atoms with Gasteiger partial charge in [-0.25, -0.2) is 0 Å². The summed E-state index contributed by atoms with van der Waals surface area (Å²) in [5, 5.41) is 0.532. The lowest BCUT2D eigenvalue weighted by atomic mass is 10.6. The zero-order valence-corrected chi connectivity index (χ0v) is 6.83. The highest BCUT2D eigenvalue weighted by molar-refractivity contribution is 7.99. The Kier molecular flexibility index (Phi) is 4.58. The Labute approximate surface area is 60.0 Å². The molecule has 0 aromatic carbocycles. The molecule has 0 amide bonds. The van der Waals surface area contributed by atoms with Crippen LogP contribution in [0.5, 0.6) is 0 Å². The van der Waals surface area contributed by atoms with E-state index in [-0.39, 0.29) is 5.97 Å². The third kappa shape index (κ3) is 7.82. The van der Waals surface area contributed by atoms with Crippen LogP contribution in [0.1, 0.15) is 20.8 Å². The van der Waals surface area contributed by atoms with E-state index >= 15 is 0 Å². The van der Waals surface area contributed by atoms with Gasteiger partial charge in [-0.05, 0) is 0 Å². The van der Waals surface area contributed by atoms with E-state index < -0.39 is 0 Å². The van der Waals surface area contributed by atoms with E-state index in [0.717, 1.165) is 0 Å². The van der Waals surface area contributed by atoms with Crippen molar-refractivity contribution in [1.29, 1.82) is 0 Å². The standard InChI is InChI=1S/C6H12O2S/c1-5(2)9-4-8-6(3)7/h5H,4H2,1-3H3. The Bertz CT molecular complexity index is 91.1. The zero-order valence-electron chi connectivity index (χ0n) is 6.01. The zero-order chi connectivity index (χ0) is 7.28. The van der Waals surface area contributed by atoms with Crippen molar-refractivity contribution in [3.8, 4) is 0 Å². The summed E-state index contributed by atoms with van der Waals surface area (Å²) in [4.78, 5) is 10.2. The van der Waals surface area contributed by atoms with Gasteiger partial charge in [0.1, 0.15) is 5.94 Å². The Balaban J connectivity index is 3.01. The van der Waals surface area contributed by atoms with Crippen molar-refractivity contribution in [3.63, 3.8) is 0 Å². The summed E-state index contributed by atoms with van der Waals surface area (Å²) >= 11 is 1.62. The van der Waals surface area contributed by atoms with Crippen LogP contribution in [-0.4, -0.2) is 17.2 Å². The number of hydrogen-bond donors (Lipinski definition) is 0. The Morgan fingerprint density at radius 1 is 1.67 bits per heavy atom. The van der Waals surface area contributed by atoms with Gasteiger partial charge in [-0.3, -0.25) is 4.79 Å². The maximum Gasteiger partial charge on any atom is 0.303 e. The fourth-order valence-electron chi connectivity index (χ4n) is 0.253. The molecule has 54 valence electrons. The predicted octanol–water partition coefficient (Wildman–Crippen LogP) is 1.65. The van der Waals surface area contributed by atoms with Crippen molar-refractivity contribution in [1.82, 2.24) is 0 Å². The molecule has 0 unspecified atom stereocenters. The SMILES string of the molecule is CC(=O)OCSC(C)C. The van der Waals surface area contributed by atoms with Gasteiger partial charge in [0.05, 0.1) is 0 Å². The van der Waals surface area contributed by atoms with Crippen LogP contribution in [0.3, 0.4) is 0 Å². The third-order valence-electron chi connectivity index (χ3n) is 0.664. The third-order valence-corrected chi connectivity index (χ3v) is 1.58. The lowest BCUT2D eigenvalue weighted by Gasteiger charge is -2.02. The normalized spacial score (nSPS) is 9.78. The fourth-order valence-corrected chi connectivity index (χ4v) is 0.759. The monoisotopic (exact) mass is 148 g/mol. The number of ether oxygens (including phenoxy) is 1. The molecule has 0 rings (SSSR count). The van der Waals surface area contributed by atoms with Crippen molar-refractivity contribution < 1.29 is 9.53 Å². The molecule has 0 bridgehead atoms. The summed E-state index contributed by atoms with van der Waals surface area (Å²) in [6.45, 7) is 5.54. The van der Waals surface area contributed by atoms with E-state index in [2.05, 4.69) is 18.6 Å². The lowest BCUT2D eigenvalue weighted by Crippen LogP contribution is -1.99. The molecular formula is C6H12O2S. The molecule has 3 heteroatoms. The minimum Gasteiger partial charge on any atom is -0.455 e. The second-order valence-electron chi connectivity index (χ2n) is 1.97. The number of carbonyl (C=O) groups is 1. The molecule has 0 saturated heterocycles. The fraction of sp³-hybridized carbons (Fsp3) is 0.833. The first-order chi connectivity index (χ1) is 4.13. The molecule has 0 aliphatic carbocycles.